The van der Waals surface area contributed by atoms with Crippen LogP contribution in [0.2, 0.25) is 0 Å². The summed E-state index contributed by atoms with van der Waals surface area (Å²) in [7, 11) is 0. The molecule has 4 nitrogen and oxygen atoms in total. The first-order valence-electron chi connectivity index (χ1n) is 9.00. The lowest BCUT2D eigenvalue weighted by atomic mass is 10.1. The summed E-state index contributed by atoms with van der Waals surface area (Å²) in [5.41, 5.74) is 0. The van der Waals surface area contributed by atoms with Gasteiger partial charge in [0.1, 0.15) is 11.9 Å². The summed E-state index contributed by atoms with van der Waals surface area (Å²) in [6.07, 6.45) is 12.2. The quantitative estimate of drug-likeness (QED) is 0.334. The first kappa shape index (κ1) is 18.5. The molecule has 1 N–H and O–H groups in total. The van der Waals surface area contributed by atoms with Crippen molar-refractivity contribution in [2.75, 3.05) is 0 Å². The number of para-hydroxylation sites is 1. The van der Waals surface area contributed by atoms with E-state index >= 15 is 0 Å². The average Bonchev–Trinajstić information content (AvgIpc) is 3.26. The van der Waals surface area contributed by atoms with E-state index < -0.39 is 11.8 Å². The van der Waals surface area contributed by atoms with Crippen molar-refractivity contribution in [2.45, 2.75) is 70.2 Å². The van der Waals surface area contributed by atoms with Crippen molar-refractivity contribution in [3.05, 3.63) is 42.5 Å². The fourth-order valence-corrected chi connectivity index (χ4v) is 2.87. The molecule has 1 saturated heterocycles. The van der Waals surface area contributed by atoms with E-state index in [9.17, 15) is 4.79 Å². The Morgan fingerprint density at radius 1 is 1.17 bits per heavy atom. The molecule has 1 aliphatic rings. The Morgan fingerprint density at radius 2 is 1.83 bits per heavy atom. The van der Waals surface area contributed by atoms with Crippen molar-refractivity contribution in [1.29, 1.82) is 0 Å². The number of hydrogen-bond donors (Lipinski definition) is 1. The van der Waals surface area contributed by atoms with Crippen molar-refractivity contribution >= 4 is 5.97 Å². The van der Waals surface area contributed by atoms with Gasteiger partial charge in [-0.2, -0.15) is 0 Å². The van der Waals surface area contributed by atoms with E-state index in [1.54, 1.807) is 0 Å². The largest absolute Gasteiger partial charge is 0.478 e. The molecule has 0 amide bonds. The van der Waals surface area contributed by atoms with Gasteiger partial charge in [0.2, 0.25) is 0 Å². The fraction of sp³-hybridized carbons (Fsp3) is 0.550. The third-order valence-corrected chi connectivity index (χ3v) is 4.27. The van der Waals surface area contributed by atoms with Crippen LogP contribution < -0.4 is 4.74 Å². The molecular weight excluding hydrogens is 304 g/mol. The molecule has 2 unspecified atom stereocenters. The number of epoxide rings is 1. The van der Waals surface area contributed by atoms with Crippen LogP contribution in [-0.2, 0) is 9.53 Å². The molecule has 132 valence electrons. The molecule has 0 radical (unpaired) electrons. The minimum atomic E-state index is -0.990. The number of rotatable bonds is 12. The predicted octanol–water partition coefficient (Wildman–Crippen LogP) is 4.94. The third-order valence-electron chi connectivity index (χ3n) is 4.27. The lowest BCUT2D eigenvalue weighted by Crippen LogP contribution is -2.21. The number of hydrogen-bond acceptors (Lipinski definition) is 3. The zero-order chi connectivity index (χ0) is 17.3. The zero-order valence-electron chi connectivity index (χ0n) is 14.4. The molecule has 1 fully saturated rings. The monoisotopic (exact) mass is 332 g/mol. The minimum Gasteiger partial charge on any atom is -0.478 e. The predicted molar refractivity (Wildman–Crippen MR) is 94.1 cm³/mol. The van der Waals surface area contributed by atoms with Crippen LogP contribution in [0.1, 0.15) is 58.3 Å². The van der Waals surface area contributed by atoms with E-state index in [2.05, 4.69) is 6.92 Å². The summed E-state index contributed by atoms with van der Waals surface area (Å²) in [4.78, 5) is 10.8. The van der Waals surface area contributed by atoms with Gasteiger partial charge < -0.3 is 14.6 Å². The Balaban J connectivity index is 1.79. The summed E-state index contributed by atoms with van der Waals surface area (Å²) in [6, 6.07) is 9.39. The second-order valence-corrected chi connectivity index (χ2v) is 6.32. The molecule has 0 aliphatic carbocycles. The number of carbonyl (C=O) groups is 1. The number of carboxylic acids is 1. The van der Waals surface area contributed by atoms with Crippen molar-refractivity contribution in [1.82, 2.24) is 0 Å². The molecule has 1 aromatic carbocycles. The average molecular weight is 332 g/mol. The van der Waals surface area contributed by atoms with Gasteiger partial charge in [-0.05, 0) is 24.6 Å². The summed E-state index contributed by atoms with van der Waals surface area (Å²) in [5.74, 6) is -1.21. The van der Waals surface area contributed by atoms with Gasteiger partial charge in [0, 0.05) is 6.08 Å². The lowest BCUT2D eigenvalue weighted by Gasteiger charge is -2.12. The van der Waals surface area contributed by atoms with E-state index in [1.165, 1.54) is 44.6 Å². The number of benzene rings is 1. The fourth-order valence-electron chi connectivity index (χ4n) is 2.87. The van der Waals surface area contributed by atoms with Gasteiger partial charge in [-0.3, -0.25) is 0 Å². The van der Waals surface area contributed by atoms with Crippen LogP contribution in [-0.4, -0.2) is 23.0 Å². The highest BCUT2D eigenvalue weighted by Crippen LogP contribution is 2.43. The summed E-state index contributed by atoms with van der Waals surface area (Å²) in [5, 5.41) is 8.88. The van der Waals surface area contributed by atoms with Gasteiger partial charge in [-0.25, -0.2) is 4.79 Å². The van der Waals surface area contributed by atoms with Crippen LogP contribution in [0, 0.1) is 0 Å². The van der Waals surface area contributed by atoms with Crippen molar-refractivity contribution in [2.24, 2.45) is 0 Å². The lowest BCUT2D eigenvalue weighted by molar-refractivity contribution is -0.131. The first-order chi connectivity index (χ1) is 11.7. The molecule has 1 aliphatic heterocycles. The van der Waals surface area contributed by atoms with Crippen LogP contribution >= 0.6 is 0 Å². The standard InChI is InChI=1S/C20H28O4/c1-2-3-4-5-6-7-11-14-18-20(24-18,16-15-19(21)22)23-17-12-9-8-10-13-17/h8-10,12-13,15-16,18H,2-7,11,14H2,1H3,(H,21,22). The van der Waals surface area contributed by atoms with Crippen LogP contribution in [0.25, 0.3) is 0 Å². The van der Waals surface area contributed by atoms with E-state index in [4.69, 9.17) is 14.6 Å². The van der Waals surface area contributed by atoms with E-state index in [-0.39, 0.29) is 6.10 Å². The molecule has 2 rings (SSSR count). The highest BCUT2D eigenvalue weighted by Gasteiger charge is 2.57. The Labute approximate surface area is 144 Å². The molecule has 4 heteroatoms. The van der Waals surface area contributed by atoms with Crippen LogP contribution in [0.4, 0.5) is 0 Å². The number of carboxylic acid groups (broad SMARTS) is 1. The first-order valence-corrected chi connectivity index (χ1v) is 9.00. The minimum absolute atomic E-state index is 0.0658. The second-order valence-electron chi connectivity index (χ2n) is 6.32. The Hall–Kier alpha value is -1.81. The molecule has 0 spiro atoms. The number of ether oxygens (including phenoxy) is 2. The maximum absolute atomic E-state index is 10.8. The molecule has 1 heterocycles. The van der Waals surface area contributed by atoms with Crippen molar-refractivity contribution in [3.63, 3.8) is 0 Å². The summed E-state index contributed by atoms with van der Waals surface area (Å²) in [6.45, 7) is 2.22. The van der Waals surface area contributed by atoms with Crippen LogP contribution in [0.15, 0.2) is 42.5 Å². The highest BCUT2D eigenvalue weighted by atomic mass is 16.8. The molecular formula is C20H28O4. The Kier molecular flexibility index (Phi) is 7.32. The van der Waals surface area contributed by atoms with Crippen LogP contribution in [0.5, 0.6) is 5.75 Å². The third kappa shape index (κ3) is 6.00. The van der Waals surface area contributed by atoms with E-state index in [1.807, 2.05) is 30.3 Å². The molecule has 0 saturated carbocycles. The van der Waals surface area contributed by atoms with Gasteiger partial charge in [0.15, 0.2) is 0 Å². The van der Waals surface area contributed by atoms with Gasteiger partial charge in [0.05, 0.1) is 0 Å². The topological polar surface area (TPSA) is 59.1 Å². The Morgan fingerprint density at radius 3 is 2.50 bits per heavy atom. The second kappa shape index (κ2) is 9.48. The van der Waals surface area contributed by atoms with E-state index in [0.29, 0.717) is 5.75 Å². The number of aliphatic carboxylic acids is 1. The molecule has 1 aromatic rings. The van der Waals surface area contributed by atoms with Gasteiger partial charge >= 0.3 is 5.97 Å². The van der Waals surface area contributed by atoms with E-state index in [0.717, 1.165) is 18.9 Å². The maximum atomic E-state index is 10.8. The normalized spacial score (nSPS) is 22.6. The summed E-state index contributed by atoms with van der Waals surface area (Å²) >= 11 is 0. The summed E-state index contributed by atoms with van der Waals surface area (Å²) < 4.78 is 11.6. The smallest absolute Gasteiger partial charge is 0.328 e. The molecule has 2 atom stereocenters. The van der Waals surface area contributed by atoms with Gasteiger partial charge in [-0.1, -0.05) is 70.1 Å². The Bertz CT molecular complexity index is 526. The SMILES string of the molecule is CCCCCCCCCC1OC1(C=CC(=O)O)Oc1ccccc1. The molecule has 0 bridgehead atoms. The van der Waals surface area contributed by atoms with Crippen molar-refractivity contribution < 1.29 is 19.4 Å². The number of unbranched alkanes of at least 4 members (excludes halogenated alkanes) is 6. The highest BCUT2D eigenvalue weighted by molar-refractivity contribution is 5.80. The van der Waals surface area contributed by atoms with Gasteiger partial charge in [0.25, 0.3) is 5.79 Å². The van der Waals surface area contributed by atoms with Crippen molar-refractivity contribution in [3.8, 4) is 5.75 Å². The van der Waals surface area contributed by atoms with Crippen LogP contribution in [0.3, 0.4) is 0 Å². The van der Waals surface area contributed by atoms with Gasteiger partial charge in [-0.15, -0.1) is 0 Å². The molecule has 0 aromatic heterocycles. The zero-order valence-corrected chi connectivity index (χ0v) is 14.4. The maximum Gasteiger partial charge on any atom is 0.328 e. The molecule has 24 heavy (non-hydrogen) atoms.